The van der Waals surface area contributed by atoms with E-state index >= 15 is 0 Å². The molecule has 7 heteroatoms. The Balaban J connectivity index is 0.000000654. The number of aliphatic carboxylic acids is 1. The number of hydrogen-bond donors (Lipinski definition) is 5. The summed E-state index contributed by atoms with van der Waals surface area (Å²) < 4.78 is 5.45. The minimum absolute atomic E-state index is 0.0678. The van der Waals surface area contributed by atoms with Gasteiger partial charge in [0.15, 0.2) is 0 Å². The Hall–Kier alpha value is -3.55. The van der Waals surface area contributed by atoms with Crippen LogP contribution in [0.4, 0.5) is 0 Å². The molecular weight excluding hydrogens is 410 g/mol. The van der Waals surface area contributed by atoms with Gasteiger partial charge in [-0.1, -0.05) is 36.9 Å². The molecule has 5 N–H and O–H groups in total. The molecule has 0 aromatic heterocycles. The predicted octanol–water partition coefficient (Wildman–Crippen LogP) is 3.77. The number of methoxy groups -OCH3 is 1. The highest BCUT2D eigenvalue weighted by Gasteiger charge is 2.13. The molecule has 0 amide bonds. The standard InChI is InChI=1S/C22H25NO4.C3H4O2/c1-14(23-13-21(26)16-10-17(24)12-18(25)11-16)9-15-7-8-22(27-2)20-6-4-3-5-19(15)20;1-2-3(4)5/h3-8,10-12,14,21,23-26H,9,13H2,1-2H3;2H,1H2,(H,4,5)/t14-,21+;/m1./s1. The number of aliphatic hydroxyl groups is 1. The predicted molar refractivity (Wildman–Crippen MR) is 124 cm³/mol. The molecule has 3 aromatic rings. The van der Waals surface area contributed by atoms with E-state index in [2.05, 4.69) is 31.0 Å². The van der Waals surface area contributed by atoms with E-state index in [1.165, 1.54) is 23.8 Å². The van der Waals surface area contributed by atoms with Gasteiger partial charge in [-0.05, 0) is 48.1 Å². The molecule has 7 nitrogen and oxygen atoms in total. The maximum Gasteiger partial charge on any atom is 0.327 e. The molecule has 32 heavy (non-hydrogen) atoms. The molecule has 0 aliphatic heterocycles. The molecule has 0 radical (unpaired) electrons. The lowest BCUT2D eigenvalue weighted by molar-refractivity contribution is -0.131. The fourth-order valence-electron chi connectivity index (χ4n) is 3.33. The van der Waals surface area contributed by atoms with Gasteiger partial charge in [-0.3, -0.25) is 0 Å². The van der Waals surface area contributed by atoms with Crippen molar-refractivity contribution in [2.24, 2.45) is 0 Å². The number of phenolic OH excluding ortho intramolecular Hbond substituents is 2. The Bertz CT molecular complexity index is 1050. The summed E-state index contributed by atoms with van der Waals surface area (Å²) in [7, 11) is 1.67. The summed E-state index contributed by atoms with van der Waals surface area (Å²) in [5.74, 6) is -0.261. The Morgan fingerprint density at radius 2 is 1.69 bits per heavy atom. The molecule has 2 atom stereocenters. The zero-order chi connectivity index (χ0) is 23.7. The second kappa shape index (κ2) is 11.7. The number of carboxylic acids is 1. The Morgan fingerprint density at radius 3 is 2.25 bits per heavy atom. The van der Waals surface area contributed by atoms with Crippen LogP contribution in [0.5, 0.6) is 17.2 Å². The largest absolute Gasteiger partial charge is 0.508 e. The van der Waals surface area contributed by atoms with Gasteiger partial charge in [-0.15, -0.1) is 0 Å². The number of hydrogen-bond acceptors (Lipinski definition) is 6. The van der Waals surface area contributed by atoms with E-state index in [4.69, 9.17) is 9.84 Å². The van der Waals surface area contributed by atoms with Crippen molar-refractivity contribution in [3.63, 3.8) is 0 Å². The average Bonchev–Trinajstić information content (AvgIpc) is 2.77. The van der Waals surface area contributed by atoms with E-state index in [0.29, 0.717) is 12.1 Å². The summed E-state index contributed by atoms with van der Waals surface area (Å²) >= 11 is 0. The van der Waals surface area contributed by atoms with Gasteiger partial charge in [-0.25, -0.2) is 4.79 Å². The molecule has 0 spiro atoms. The van der Waals surface area contributed by atoms with E-state index in [0.717, 1.165) is 29.0 Å². The number of nitrogens with one attached hydrogen (secondary N) is 1. The number of carboxylic acid groups (broad SMARTS) is 1. The summed E-state index contributed by atoms with van der Waals surface area (Å²) in [6.45, 7) is 5.34. The molecule has 0 fully saturated rings. The number of ether oxygens (including phenoxy) is 1. The maximum absolute atomic E-state index is 10.3. The molecular formula is C25H29NO6. The SMILES string of the molecule is C=CC(=O)O.COc1ccc(C[C@@H](C)NC[C@H](O)c2cc(O)cc(O)c2)c2ccccc12. The van der Waals surface area contributed by atoms with Crippen LogP contribution in [0.2, 0.25) is 0 Å². The first-order valence-corrected chi connectivity index (χ1v) is 10.1. The van der Waals surface area contributed by atoms with Gasteiger partial charge >= 0.3 is 5.97 Å². The van der Waals surface area contributed by atoms with E-state index < -0.39 is 12.1 Å². The number of benzene rings is 3. The van der Waals surface area contributed by atoms with Crippen LogP contribution in [0.3, 0.4) is 0 Å². The van der Waals surface area contributed by atoms with Crippen LogP contribution < -0.4 is 10.1 Å². The lowest BCUT2D eigenvalue weighted by Crippen LogP contribution is -2.32. The lowest BCUT2D eigenvalue weighted by Gasteiger charge is -2.19. The van der Waals surface area contributed by atoms with Crippen LogP contribution >= 0.6 is 0 Å². The van der Waals surface area contributed by atoms with Crippen LogP contribution in [0.15, 0.2) is 67.3 Å². The van der Waals surface area contributed by atoms with E-state index in [1.807, 2.05) is 24.3 Å². The summed E-state index contributed by atoms with van der Waals surface area (Å²) in [6, 6.07) is 16.5. The number of carbonyl (C=O) groups is 1. The molecule has 0 aliphatic rings. The van der Waals surface area contributed by atoms with E-state index in [-0.39, 0.29) is 17.5 Å². The van der Waals surface area contributed by atoms with Crippen molar-refractivity contribution in [1.29, 1.82) is 0 Å². The highest BCUT2D eigenvalue weighted by Crippen LogP contribution is 2.29. The van der Waals surface area contributed by atoms with Crippen molar-refractivity contribution >= 4 is 16.7 Å². The minimum atomic E-state index is -0.981. The van der Waals surface area contributed by atoms with Crippen molar-refractivity contribution in [3.8, 4) is 17.2 Å². The smallest absolute Gasteiger partial charge is 0.327 e. The van der Waals surface area contributed by atoms with Gasteiger partial charge in [0.1, 0.15) is 17.2 Å². The van der Waals surface area contributed by atoms with E-state index in [9.17, 15) is 20.1 Å². The maximum atomic E-state index is 10.3. The Labute approximate surface area is 187 Å². The fraction of sp³-hybridized carbons (Fsp3) is 0.240. The van der Waals surface area contributed by atoms with Gasteiger partial charge in [0.25, 0.3) is 0 Å². The van der Waals surface area contributed by atoms with E-state index in [1.54, 1.807) is 7.11 Å². The zero-order valence-corrected chi connectivity index (χ0v) is 18.2. The topological polar surface area (TPSA) is 119 Å². The van der Waals surface area contributed by atoms with Crippen LogP contribution in [0.1, 0.15) is 24.2 Å². The number of aliphatic hydroxyl groups excluding tert-OH is 1. The minimum Gasteiger partial charge on any atom is -0.508 e. The number of aromatic hydroxyl groups is 2. The quantitative estimate of drug-likeness (QED) is 0.339. The number of fused-ring (bicyclic) bond motifs is 1. The molecule has 170 valence electrons. The Morgan fingerprint density at radius 1 is 1.09 bits per heavy atom. The van der Waals surface area contributed by atoms with Crippen LogP contribution in [-0.2, 0) is 11.2 Å². The second-order valence-electron chi connectivity index (χ2n) is 7.33. The normalized spacial score (nSPS) is 12.3. The van der Waals surface area contributed by atoms with Crippen LogP contribution in [0, 0.1) is 0 Å². The fourth-order valence-corrected chi connectivity index (χ4v) is 3.33. The van der Waals surface area contributed by atoms with Crippen molar-refractivity contribution < 1.29 is 30.0 Å². The number of phenols is 2. The van der Waals surface area contributed by atoms with Gasteiger partial charge in [0, 0.05) is 30.1 Å². The molecule has 0 saturated carbocycles. The first kappa shape index (κ1) is 24.7. The molecule has 0 aliphatic carbocycles. The third-order valence-corrected chi connectivity index (χ3v) is 4.86. The summed E-state index contributed by atoms with van der Waals surface area (Å²) in [5.41, 5.74) is 1.68. The molecule has 3 rings (SSSR count). The lowest BCUT2D eigenvalue weighted by atomic mass is 9.98. The zero-order valence-electron chi connectivity index (χ0n) is 18.2. The first-order chi connectivity index (χ1) is 15.2. The average molecular weight is 440 g/mol. The highest BCUT2D eigenvalue weighted by atomic mass is 16.5. The van der Waals surface area contributed by atoms with Gasteiger partial charge in [0.2, 0.25) is 0 Å². The third kappa shape index (κ3) is 7.01. The van der Waals surface area contributed by atoms with Crippen LogP contribution in [-0.4, -0.2) is 46.1 Å². The molecule has 0 heterocycles. The third-order valence-electron chi connectivity index (χ3n) is 4.86. The monoisotopic (exact) mass is 439 g/mol. The summed E-state index contributed by atoms with van der Waals surface area (Å²) in [5, 5.41) is 42.6. The van der Waals surface area contributed by atoms with Crippen molar-refractivity contribution in [3.05, 3.63) is 78.4 Å². The molecule has 3 aromatic carbocycles. The summed E-state index contributed by atoms with van der Waals surface area (Å²) in [4.78, 5) is 9.25. The first-order valence-electron chi connectivity index (χ1n) is 10.1. The molecule has 0 bridgehead atoms. The highest BCUT2D eigenvalue weighted by molar-refractivity contribution is 5.91. The summed E-state index contributed by atoms with van der Waals surface area (Å²) in [6.07, 6.45) is 0.806. The number of rotatable bonds is 8. The Kier molecular flexibility index (Phi) is 9.07. The van der Waals surface area contributed by atoms with Crippen molar-refractivity contribution in [2.45, 2.75) is 25.5 Å². The molecule has 0 unspecified atom stereocenters. The van der Waals surface area contributed by atoms with Gasteiger partial charge < -0.3 is 30.5 Å². The second-order valence-corrected chi connectivity index (χ2v) is 7.33. The molecule has 0 saturated heterocycles. The van der Waals surface area contributed by atoms with Crippen molar-refractivity contribution in [1.82, 2.24) is 5.32 Å². The van der Waals surface area contributed by atoms with Gasteiger partial charge in [0.05, 0.1) is 13.2 Å². The van der Waals surface area contributed by atoms with Crippen LogP contribution in [0.25, 0.3) is 10.8 Å². The van der Waals surface area contributed by atoms with Crippen molar-refractivity contribution in [2.75, 3.05) is 13.7 Å². The van der Waals surface area contributed by atoms with Gasteiger partial charge in [-0.2, -0.15) is 0 Å².